The summed E-state index contributed by atoms with van der Waals surface area (Å²) in [5, 5.41) is 3.61. The second-order valence-electron chi connectivity index (χ2n) is 4.82. The van der Waals surface area contributed by atoms with Gasteiger partial charge in [-0.05, 0) is 37.3 Å². The Morgan fingerprint density at radius 2 is 2.13 bits per heavy atom. The van der Waals surface area contributed by atoms with Crippen molar-refractivity contribution in [2.75, 3.05) is 11.9 Å². The van der Waals surface area contributed by atoms with Crippen LogP contribution in [0.5, 0.6) is 0 Å². The molecule has 0 heterocycles. The largest absolute Gasteiger partial charge is 0.378 e. The number of hydrogen-bond acceptors (Lipinski definition) is 2. The van der Waals surface area contributed by atoms with E-state index in [1.54, 1.807) is 0 Å². The number of nitrogens with one attached hydrogen (secondary N) is 1. The van der Waals surface area contributed by atoms with Crippen molar-refractivity contribution in [3.8, 4) is 0 Å². The minimum absolute atomic E-state index is 0.140. The van der Waals surface area contributed by atoms with Crippen molar-refractivity contribution in [1.29, 1.82) is 0 Å². The molecule has 1 aliphatic carbocycles. The third-order valence-corrected chi connectivity index (χ3v) is 3.43. The molecule has 2 rings (SSSR count). The fraction of sp³-hybridized carbons (Fsp3) is 0.538. The molecule has 2 unspecified atom stereocenters. The molecule has 1 aliphatic rings. The highest BCUT2D eigenvalue weighted by molar-refractivity contribution is 5.45. The lowest BCUT2D eigenvalue weighted by atomic mass is 9.96. The van der Waals surface area contributed by atoms with Crippen molar-refractivity contribution in [1.82, 2.24) is 0 Å². The lowest BCUT2D eigenvalue weighted by Crippen LogP contribution is -2.43. The van der Waals surface area contributed by atoms with Crippen LogP contribution in [-0.2, 0) is 0 Å². The van der Waals surface area contributed by atoms with Gasteiger partial charge in [-0.3, -0.25) is 0 Å². The van der Waals surface area contributed by atoms with Crippen LogP contribution < -0.4 is 11.1 Å². The summed E-state index contributed by atoms with van der Waals surface area (Å²) < 4.78 is 0. The molecular formula is C13H20N2. The Bertz CT molecular complexity index is 310. The van der Waals surface area contributed by atoms with E-state index in [0.29, 0.717) is 0 Å². The van der Waals surface area contributed by atoms with E-state index in [0.717, 1.165) is 12.5 Å². The summed E-state index contributed by atoms with van der Waals surface area (Å²) in [5.74, 6) is 0.796. The number of anilines is 1. The molecule has 3 N–H and O–H groups in total. The summed E-state index contributed by atoms with van der Waals surface area (Å²) in [7, 11) is 0. The highest BCUT2D eigenvalue weighted by Gasteiger charge is 2.35. The van der Waals surface area contributed by atoms with Gasteiger partial charge in [-0.1, -0.05) is 25.1 Å². The minimum atomic E-state index is 0.140. The van der Waals surface area contributed by atoms with Gasteiger partial charge < -0.3 is 11.1 Å². The Kier molecular flexibility index (Phi) is 2.96. The first-order chi connectivity index (χ1) is 7.24. The molecule has 15 heavy (non-hydrogen) atoms. The smallest absolute Gasteiger partial charge is 0.0498 e. The van der Waals surface area contributed by atoms with Crippen molar-refractivity contribution in [2.24, 2.45) is 11.7 Å². The van der Waals surface area contributed by atoms with E-state index in [1.807, 2.05) is 6.07 Å². The zero-order valence-corrected chi connectivity index (χ0v) is 9.37. The maximum absolute atomic E-state index is 5.92. The average molecular weight is 204 g/mol. The van der Waals surface area contributed by atoms with Gasteiger partial charge in [-0.15, -0.1) is 0 Å². The molecular weight excluding hydrogens is 184 g/mol. The molecule has 0 saturated heterocycles. The number of rotatable bonds is 3. The van der Waals surface area contributed by atoms with Crippen LogP contribution in [0.1, 0.15) is 26.2 Å². The molecule has 1 aromatic carbocycles. The van der Waals surface area contributed by atoms with Crippen LogP contribution in [0.4, 0.5) is 5.69 Å². The van der Waals surface area contributed by atoms with Crippen LogP contribution in [0.25, 0.3) is 0 Å². The third kappa shape index (κ3) is 2.32. The van der Waals surface area contributed by atoms with Crippen molar-refractivity contribution < 1.29 is 0 Å². The van der Waals surface area contributed by atoms with Gasteiger partial charge in [0.15, 0.2) is 0 Å². The van der Waals surface area contributed by atoms with Crippen molar-refractivity contribution in [3.63, 3.8) is 0 Å². The third-order valence-electron chi connectivity index (χ3n) is 3.43. The summed E-state index contributed by atoms with van der Waals surface area (Å²) in [6, 6.07) is 10.4. The maximum atomic E-state index is 5.92. The van der Waals surface area contributed by atoms with Crippen LogP contribution in [0, 0.1) is 5.92 Å². The van der Waals surface area contributed by atoms with E-state index in [4.69, 9.17) is 5.73 Å². The Labute approximate surface area is 91.9 Å². The predicted octanol–water partition coefficient (Wildman–Crippen LogP) is 2.62. The molecule has 0 bridgehead atoms. The highest BCUT2D eigenvalue weighted by Crippen LogP contribution is 2.36. The van der Waals surface area contributed by atoms with Crippen LogP contribution >= 0.6 is 0 Å². The molecule has 82 valence electrons. The Morgan fingerprint density at radius 1 is 1.40 bits per heavy atom. The summed E-state index contributed by atoms with van der Waals surface area (Å²) in [5.41, 5.74) is 7.25. The van der Waals surface area contributed by atoms with Gasteiger partial charge in [-0.25, -0.2) is 0 Å². The predicted molar refractivity (Wildman–Crippen MR) is 64.9 cm³/mol. The van der Waals surface area contributed by atoms with Crippen molar-refractivity contribution >= 4 is 5.69 Å². The molecule has 1 aromatic rings. The maximum Gasteiger partial charge on any atom is 0.0498 e. The van der Waals surface area contributed by atoms with E-state index in [9.17, 15) is 0 Å². The number of nitrogens with two attached hydrogens (primary N) is 1. The number of para-hydroxylation sites is 1. The molecule has 0 radical (unpaired) electrons. The first kappa shape index (κ1) is 10.5. The molecule has 0 spiro atoms. The van der Waals surface area contributed by atoms with Gasteiger partial charge >= 0.3 is 0 Å². The molecule has 2 heteroatoms. The summed E-state index contributed by atoms with van der Waals surface area (Å²) in [6.07, 6.45) is 3.68. The quantitative estimate of drug-likeness (QED) is 0.794. The van der Waals surface area contributed by atoms with Gasteiger partial charge in [0, 0.05) is 17.8 Å². The summed E-state index contributed by atoms with van der Waals surface area (Å²) in [4.78, 5) is 0. The van der Waals surface area contributed by atoms with E-state index in [2.05, 4.69) is 36.5 Å². The molecule has 0 aromatic heterocycles. The highest BCUT2D eigenvalue weighted by atomic mass is 15.0. The Balaban J connectivity index is 2.09. The van der Waals surface area contributed by atoms with Crippen LogP contribution in [-0.4, -0.2) is 12.1 Å². The lowest BCUT2D eigenvalue weighted by molar-refractivity contribution is 0.470. The van der Waals surface area contributed by atoms with E-state index in [-0.39, 0.29) is 5.54 Å². The number of hydrogen-bond donors (Lipinski definition) is 2. The van der Waals surface area contributed by atoms with Crippen LogP contribution in [0.15, 0.2) is 30.3 Å². The fourth-order valence-electron chi connectivity index (χ4n) is 2.57. The molecule has 2 atom stereocenters. The van der Waals surface area contributed by atoms with Gasteiger partial charge in [0.2, 0.25) is 0 Å². The van der Waals surface area contributed by atoms with Crippen molar-refractivity contribution in [3.05, 3.63) is 30.3 Å². The Hall–Kier alpha value is -1.02. The van der Waals surface area contributed by atoms with E-state index >= 15 is 0 Å². The Morgan fingerprint density at radius 3 is 2.67 bits per heavy atom. The zero-order valence-electron chi connectivity index (χ0n) is 9.37. The van der Waals surface area contributed by atoms with Gasteiger partial charge in [0.25, 0.3) is 0 Å². The molecule has 2 nitrogen and oxygen atoms in total. The molecule has 0 amide bonds. The fourth-order valence-corrected chi connectivity index (χ4v) is 2.57. The average Bonchev–Trinajstić information content (AvgIpc) is 2.62. The topological polar surface area (TPSA) is 38.0 Å². The lowest BCUT2D eigenvalue weighted by Gasteiger charge is -2.30. The minimum Gasteiger partial charge on any atom is -0.378 e. The molecule has 0 aliphatic heterocycles. The second-order valence-corrected chi connectivity index (χ2v) is 4.82. The van der Waals surface area contributed by atoms with Gasteiger partial charge in [0.05, 0.1) is 0 Å². The normalized spacial score (nSPS) is 30.4. The van der Waals surface area contributed by atoms with Gasteiger partial charge in [0.1, 0.15) is 0 Å². The summed E-state index contributed by atoms with van der Waals surface area (Å²) in [6.45, 7) is 3.04. The SMILES string of the molecule is CC1CCC(CN)(Nc2ccccc2)C1. The second kappa shape index (κ2) is 4.23. The summed E-state index contributed by atoms with van der Waals surface area (Å²) >= 11 is 0. The first-order valence-corrected chi connectivity index (χ1v) is 5.77. The van der Waals surface area contributed by atoms with E-state index in [1.165, 1.54) is 24.9 Å². The standard InChI is InChI=1S/C13H20N2/c1-11-7-8-13(9-11,10-14)15-12-5-3-2-4-6-12/h2-6,11,15H,7-10,14H2,1H3. The van der Waals surface area contributed by atoms with E-state index < -0.39 is 0 Å². The van der Waals surface area contributed by atoms with Gasteiger partial charge in [-0.2, -0.15) is 0 Å². The zero-order chi connectivity index (χ0) is 10.7. The van der Waals surface area contributed by atoms with Crippen LogP contribution in [0.3, 0.4) is 0 Å². The van der Waals surface area contributed by atoms with Crippen LogP contribution in [0.2, 0.25) is 0 Å². The first-order valence-electron chi connectivity index (χ1n) is 5.77. The molecule has 1 saturated carbocycles. The molecule has 1 fully saturated rings. The monoisotopic (exact) mass is 204 g/mol. The van der Waals surface area contributed by atoms with Crippen molar-refractivity contribution in [2.45, 2.75) is 31.7 Å². The number of benzene rings is 1.